The van der Waals surface area contributed by atoms with Crippen molar-refractivity contribution in [3.05, 3.63) is 53.6 Å². The van der Waals surface area contributed by atoms with E-state index in [0.29, 0.717) is 0 Å². The van der Waals surface area contributed by atoms with Gasteiger partial charge in [0.15, 0.2) is 0 Å². The summed E-state index contributed by atoms with van der Waals surface area (Å²) < 4.78 is 8.16. The number of carbonyl (C=O) groups excluding carboxylic acids is 1. The molecule has 132 valence electrons. The highest BCUT2D eigenvalue weighted by Crippen LogP contribution is 2.29. The number of benzene rings is 1. The van der Waals surface area contributed by atoms with Crippen LogP contribution in [0.5, 0.6) is 0 Å². The van der Waals surface area contributed by atoms with Gasteiger partial charge in [0, 0.05) is 37.4 Å². The van der Waals surface area contributed by atoms with Gasteiger partial charge in [-0.3, -0.25) is 4.79 Å². The number of aryl methyl sites for hydroxylation is 2. The molecule has 1 aromatic heterocycles. The molecular weight excluding hydrogens is 314 g/mol. The van der Waals surface area contributed by atoms with Crippen molar-refractivity contribution in [1.82, 2.24) is 14.9 Å². The van der Waals surface area contributed by atoms with Gasteiger partial charge in [-0.15, -0.1) is 0 Å². The molecule has 1 fully saturated rings. The highest BCUT2D eigenvalue weighted by atomic mass is 16.5. The van der Waals surface area contributed by atoms with Gasteiger partial charge in [-0.25, -0.2) is 4.98 Å². The van der Waals surface area contributed by atoms with Crippen molar-refractivity contribution in [2.24, 2.45) is 5.92 Å². The normalized spacial score (nSPS) is 26.0. The monoisotopic (exact) mass is 339 g/mol. The first-order chi connectivity index (χ1) is 12.2. The van der Waals surface area contributed by atoms with Crippen LogP contribution in [0.1, 0.15) is 42.2 Å². The molecule has 1 aromatic carbocycles. The maximum absolute atomic E-state index is 12.8. The van der Waals surface area contributed by atoms with Gasteiger partial charge in [-0.1, -0.05) is 29.8 Å². The lowest BCUT2D eigenvalue weighted by atomic mass is 9.92. The lowest BCUT2D eigenvalue weighted by Gasteiger charge is -2.34. The zero-order valence-electron chi connectivity index (χ0n) is 14.6. The predicted octanol–water partition coefficient (Wildman–Crippen LogP) is 2.79. The maximum atomic E-state index is 12.8. The van der Waals surface area contributed by atoms with E-state index in [4.69, 9.17) is 4.74 Å². The van der Waals surface area contributed by atoms with Crippen molar-refractivity contribution in [3.63, 3.8) is 0 Å². The topological polar surface area (TPSA) is 56.1 Å². The summed E-state index contributed by atoms with van der Waals surface area (Å²) in [6, 6.07) is 8.49. The van der Waals surface area contributed by atoms with Gasteiger partial charge in [0.25, 0.3) is 0 Å². The first-order valence-electron chi connectivity index (χ1n) is 9.18. The van der Waals surface area contributed by atoms with Crippen LogP contribution in [-0.4, -0.2) is 28.1 Å². The molecule has 0 spiro atoms. The summed E-state index contributed by atoms with van der Waals surface area (Å²) in [6.07, 6.45) is 7.28. The summed E-state index contributed by atoms with van der Waals surface area (Å²) in [5.41, 5.74) is 3.54. The molecule has 0 aliphatic carbocycles. The van der Waals surface area contributed by atoms with Crippen LogP contribution in [0.3, 0.4) is 0 Å². The van der Waals surface area contributed by atoms with E-state index in [2.05, 4.69) is 46.1 Å². The minimum absolute atomic E-state index is 0.0322. The second-order valence-corrected chi connectivity index (χ2v) is 7.23. The van der Waals surface area contributed by atoms with Crippen LogP contribution in [0, 0.1) is 12.8 Å². The molecule has 2 aliphatic rings. The number of rotatable bonds is 3. The van der Waals surface area contributed by atoms with Crippen LogP contribution in [0.4, 0.5) is 0 Å². The molecule has 1 saturated heterocycles. The number of hydrogen-bond donors (Lipinski definition) is 1. The minimum atomic E-state index is -0.0487. The van der Waals surface area contributed by atoms with Gasteiger partial charge in [-0.2, -0.15) is 0 Å². The zero-order chi connectivity index (χ0) is 17.2. The van der Waals surface area contributed by atoms with Crippen LogP contribution in [0.25, 0.3) is 0 Å². The molecular formula is C20H25N3O2. The Morgan fingerprint density at radius 3 is 2.96 bits per heavy atom. The molecule has 4 rings (SSSR count). The highest BCUT2D eigenvalue weighted by Gasteiger charge is 2.32. The van der Waals surface area contributed by atoms with E-state index in [1.165, 1.54) is 5.56 Å². The second kappa shape index (κ2) is 7.00. The van der Waals surface area contributed by atoms with Crippen molar-refractivity contribution in [2.75, 3.05) is 6.61 Å². The Bertz CT molecular complexity index is 738. The summed E-state index contributed by atoms with van der Waals surface area (Å²) in [4.78, 5) is 17.0. The number of imidazole rings is 1. The van der Waals surface area contributed by atoms with Crippen molar-refractivity contribution in [3.8, 4) is 0 Å². The number of ether oxygens (including phenoxy) is 1. The first-order valence-corrected chi connectivity index (χ1v) is 9.18. The molecule has 0 bridgehead atoms. The number of nitrogens with zero attached hydrogens (tertiary/aromatic N) is 2. The molecule has 1 N–H and O–H groups in total. The van der Waals surface area contributed by atoms with Crippen molar-refractivity contribution in [1.29, 1.82) is 0 Å². The molecule has 3 atom stereocenters. The molecule has 0 saturated carbocycles. The Morgan fingerprint density at radius 1 is 1.28 bits per heavy atom. The smallest absolute Gasteiger partial charge is 0.223 e. The summed E-state index contributed by atoms with van der Waals surface area (Å²) in [5, 5.41) is 3.28. The number of carbonyl (C=O) groups is 1. The average Bonchev–Trinajstić information content (AvgIpc) is 3.11. The fraction of sp³-hybridized carbons (Fsp3) is 0.500. The van der Waals surface area contributed by atoms with Gasteiger partial charge in [-0.05, 0) is 31.7 Å². The van der Waals surface area contributed by atoms with E-state index >= 15 is 0 Å². The highest BCUT2D eigenvalue weighted by molar-refractivity contribution is 5.79. The van der Waals surface area contributed by atoms with Gasteiger partial charge in [0.1, 0.15) is 6.10 Å². The predicted molar refractivity (Wildman–Crippen MR) is 95.1 cm³/mol. The Balaban J connectivity index is 1.44. The van der Waals surface area contributed by atoms with E-state index < -0.39 is 0 Å². The van der Waals surface area contributed by atoms with Gasteiger partial charge < -0.3 is 14.6 Å². The number of hydrogen-bond acceptors (Lipinski definition) is 3. The second-order valence-electron chi connectivity index (χ2n) is 7.23. The Kier molecular flexibility index (Phi) is 4.57. The number of aromatic nitrogens is 2. The Hall–Kier alpha value is -2.14. The number of amides is 1. The molecule has 25 heavy (non-hydrogen) atoms. The quantitative estimate of drug-likeness (QED) is 0.935. The molecule has 3 unspecified atom stereocenters. The lowest BCUT2D eigenvalue weighted by Crippen LogP contribution is -2.46. The van der Waals surface area contributed by atoms with Gasteiger partial charge in [0.2, 0.25) is 5.91 Å². The number of fused-ring (bicyclic) bond motifs is 1. The van der Waals surface area contributed by atoms with Crippen molar-refractivity contribution < 1.29 is 9.53 Å². The SMILES string of the molecule is Cc1ccc(C2OCCCC2NC(=O)C2CCn3cncc3C2)cc1. The minimum Gasteiger partial charge on any atom is -0.371 e. The van der Waals surface area contributed by atoms with Crippen LogP contribution < -0.4 is 5.32 Å². The molecule has 5 nitrogen and oxygen atoms in total. The standard InChI is InChI=1S/C20H25N3O2/c1-14-4-6-15(7-5-14)19-18(3-2-10-25-19)22-20(24)16-8-9-23-13-21-12-17(23)11-16/h4-7,12-13,16,18-19H,2-3,8-11H2,1H3,(H,22,24). The molecule has 0 radical (unpaired) electrons. The number of nitrogens with one attached hydrogen (secondary N) is 1. The summed E-state index contributed by atoms with van der Waals surface area (Å²) in [5.74, 6) is 0.185. The fourth-order valence-corrected chi connectivity index (χ4v) is 3.91. The lowest BCUT2D eigenvalue weighted by molar-refractivity contribution is -0.128. The maximum Gasteiger partial charge on any atom is 0.223 e. The summed E-state index contributed by atoms with van der Waals surface area (Å²) in [7, 11) is 0. The summed E-state index contributed by atoms with van der Waals surface area (Å²) >= 11 is 0. The average molecular weight is 339 g/mol. The molecule has 5 heteroatoms. The molecule has 1 amide bonds. The third-order valence-corrected chi connectivity index (χ3v) is 5.40. The van der Waals surface area contributed by atoms with E-state index in [-0.39, 0.29) is 24.0 Å². The van der Waals surface area contributed by atoms with Crippen LogP contribution >= 0.6 is 0 Å². The van der Waals surface area contributed by atoms with Crippen molar-refractivity contribution >= 4 is 5.91 Å². The van der Waals surface area contributed by atoms with E-state index in [1.54, 1.807) is 0 Å². The third-order valence-electron chi connectivity index (χ3n) is 5.40. The van der Waals surface area contributed by atoms with E-state index in [0.717, 1.165) is 50.1 Å². The largest absolute Gasteiger partial charge is 0.371 e. The van der Waals surface area contributed by atoms with E-state index in [1.807, 2.05) is 12.5 Å². The van der Waals surface area contributed by atoms with Gasteiger partial charge in [0.05, 0.1) is 12.4 Å². The Labute approximate surface area is 148 Å². The molecule has 2 aliphatic heterocycles. The fourth-order valence-electron chi connectivity index (χ4n) is 3.91. The van der Waals surface area contributed by atoms with Crippen LogP contribution in [0.15, 0.2) is 36.8 Å². The van der Waals surface area contributed by atoms with Gasteiger partial charge >= 0.3 is 0 Å². The zero-order valence-corrected chi connectivity index (χ0v) is 14.6. The van der Waals surface area contributed by atoms with Crippen LogP contribution in [0.2, 0.25) is 0 Å². The van der Waals surface area contributed by atoms with E-state index in [9.17, 15) is 4.79 Å². The van der Waals surface area contributed by atoms with Crippen molar-refractivity contribution in [2.45, 2.75) is 51.3 Å². The third kappa shape index (κ3) is 3.47. The van der Waals surface area contributed by atoms with Crippen LogP contribution in [-0.2, 0) is 22.5 Å². The molecule has 2 aromatic rings. The Morgan fingerprint density at radius 2 is 2.12 bits per heavy atom. The molecule has 3 heterocycles. The summed E-state index contributed by atoms with van der Waals surface area (Å²) in [6.45, 7) is 3.71. The first kappa shape index (κ1) is 16.3.